The molecule has 9 heteroatoms. The van der Waals surface area contributed by atoms with Crippen molar-refractivity contribution in [1.29, 1.82) is 0 Å². The van der Waals surface area contributed by atoms with Crippen LogP contribution in [0.3, 0.4) is 0 Å². The molecule has 0 atom stereocenters. The Morgan fingerprint density at radius 3 is 2.58 bits per heavy atom. The molecule has 1 N–H and O–H groups in total. The van der Waals surface area contributed by atoms with Crippen LogP contribution in [0.15, 0.2) is 48.5 Å². The quantitative estimate of drug-likeness (QED) is 0.559. The topological polar surface area (TPSA) is 98.0 Å². The van der Waals surface area contributed by atoms with Crippen molar-refractivity contribution in [2.24, 2.45) is 0 Å². The van der Waals surface area contributed by atoms with Crippen LogP contribution in [-0.4, -0.2) is 21.0 Å². The summed E-state index contributed by atoms with van der Waals surface area (Å²) in [5.74, 6) is -0.509. The van der Waals surface area contributed by atoms with E-state index in [1.165, 1.54) is 23.5 Å². The smallest absolute Gasteiger partial charge is 0.270 e. The predicted octanol–water partition coefficient (Wildman–Crippen LogP) is 4.02. The van der Waals surface area contributed by atoms with Gasteiger partial charge in [0.2, 0.25) is 5.13 Å². The number of anilines is 1. The van der Waals surface area contributed by atoms with Crippen molar-refractivity contribution in [3.63, 3.8) is 0 Å². The molecule has 0 saturated carbocycles. The Bertz CT molecular complexity index is 914. The molecule has 0 aliphatic carbocycles. The lowest BCUT2D eigenvalue weighted by Crippen LogP contribution is -2.12. The number of hydrogen-bond acceptors (Lipinski definition) is 6. The summed E-state index contributed by atoms with van der Waals surface area (Å²) in [4.78, 5) is 22.3. The number of nitrogens with zero attached hydrogens (tertiary/aromatic N) is 3. The van der Waals surface area contributed by atoms with Gasteiger partial charge in [-0.1, -0.05) is 53.3 Å². The zero-order valence-corrected chi connectivity index (χ0v) is 13.5. The van der Waals surface area contributed by atoms with E-state index in [1.807, 2.05) is 30.3 Å². The maximum atomic E-state index is 12.2. The second-order valence-electron chi connectivity index (χ2n) is 4.65. The third-order valence-corrected chi connectivity index (χ3v) is 4.27. The van der Waals surface area contributed by atoms with Crippen molar-refractivity contribution in [2.75, 3.05) is 5.32 Å². The molecule has 120 valence electrons. The first-order valence-electron chi connectivity index (χ1n) is 6.69. The standard InChI is InChI=1S/C15H9ClN4O3S/c16-12-8-10(20(22)23)6-7-11(12)13(21)17-15-19-18-14(24-15)9-4-2-1-3-5-9/h1-8H,(H,17,19,21). The number of carbonyl (C=O) groups is 1. The van der Waals surface area contributed by atoms with Gasteiger partial charge in [-0.15, -0.1) is 10.2 Å². The minimum Gasteiger partial charge on any atom is -0.296 e. The summed E-state index contributed by atoms with van der Waals surface area (Å²) in [6.07, 6.45) is 0. The normalized spacial score (nSPS) is 10.4. The molecule has 1 aromatic heterocycles. The Morgan fingerprint density at radius 2 is 1.92 bits per heavy atom. The lowest BCUT2D eigenvalue weighted by Gasteiger charge is -2.03. The molecule has 0 bridgehead atoms. The Morgan fingerprint density at radius 1 is 1.17 bits per heavy atom. The summed E-state index contributed by atoms with van der Waals surface area (Å²) >= 11 is 7.16. The Hall–Kier alpha value is -2.84. The molecule has 1 amide bonds. The lowest BCUT2D eigenvalue weighted by molar-refractivity contribution is -0.384. The van der Waals surface area contributed by atoms with E-state index in [0.717, 1.165) is 11.6 Å². The fourth-order valence-electron chi connectivity index (χ4n) is 1.94. The summed E-state index contributed by atoms with van der Waals surface area (Å²) in [5, 5.41) is 22.2. The molecule has 0 unspecified atom stereocenters. The van der Waals surface area contributed by atoms with Crippen molar-refractivity contribution in [2.45, 2.75) is 0 Å². The van der Waals surface area contributed by atoms with Gasteiger partial charge in [0.05, 0.1) is 15.5 Å². The molecule has 1 heterocycles. The van der Waals surface area contributed by atoms with Gasteiger partial charge in [0, 0.05) is 17.7 Å². The van der Waals surface area contributed by atoms with E-state index in [-0.39, 0.29) is 16.3 Å². The Kier molecular flexibility index (Phi) is 4.50. The number of nitro benzene ring substituents is 1. The average Bonchev–Trinajstić information content (AvgIpc) is 3.03. The van der Waals surface area contributed by atoms with E-state index in [2.05, 4.69) is 15.5 Å². The molecule has 0 fully saturated rings. The van der Waals surface area contributed by atoms with Crippen LogP contribution >= 0.6 is 22.9 Å². The van der Waals surface area contributed by atoms with E-state index in [0.29, 0.717) is 10.1 Å². The van der Waals surface area contributed by atoms with Crippen molar-refractivity contribution in [1.82, 2.24) is 10.2 Å². The number of carbonyl (C=O) groups excluding carboxylic acids is 1. The highest BCUT2D eigenvalue weighted by Crippen LogP contribution is 2.27. The van der Waals surface area contributed by atoms with Gasteiger partial charge in [-0.25, -0.2) is 0 Å². The SMILES string of the molecule is O=C(Nc1nnc(-c2ccccc2)s1)c1ccc([N+](=O)[O-])cc1Cl. The maximum Gasteiger partial charge on any atom is 0.270 e. The van der Waals surface area contributed by atoms with Gasteiger partial charge in [-0.2, -0.15) is 0 Å². The fraction of sp³-hybridized carbons (Fsp3) is 0. The van der Waals surface area contributed by atoms with E-state index < -0.39 is 10.8 Å². The second kappa shape index (κ2) is 6.73. The molecule has 3 aromatic rings. The number of aromatic nitrogens is 2. The fourth-order valence-corrected chi connectivity index (χ4v) is 2.94. The summed E-state index contributed by atoms with van der Waals surface area (Å²) in [6.45, 7) is 0. The zero-order chi connectivity index (χ0) is 17.1. The van der Waals surface area contributed by atoms with Gasteiger partial charge in [-0.3, -0.25) is 20.2 Å². The van der Waals surface area contributed by atoms with Crippen LogP contribution in [-0.2, 0) is 0 Å². The van der Waals surface area contributed by atoms with E-state index in [9.17, 15) is 14.9 Å². The van der Waals surface area contributed by atoms with Crippen LogP contribution in [0, 0.1) is 10.1 Å². The van der Waals surface area contributed by atoms with E-state index in [4.69, 9.17) is 11.6 Å². The highest BCUT2D eigenvalue weighted by atomic mass is 35.5. The number of rotatable bonds is 4. The van der Waals surface area contributed by atoms with Gasteiger partial charge in [0.15, 0.2) is 0 Å². The molecule has 24 heavy (non-hydrogen) atoms. The average molecular weight is 361 g/mol. The van der Waals surface area contributed by atoms with Crippen LogP contribution in [0.4, 0.5) is 10.8 Å². The van der Waals surface area contributed by atoms with E-state index >= 15 is 0 Å². The Balaban J connectivity index is 1.78. The highest BCUT2D eigenvalue weighted by Gasteiger charge is 2.16. The highest BCUT2D eigenvalue weighted by molar-refractivity contribution is 7.18. The van der Waals surface area contributed by atoms with Crippen molar-refractivity contribution < 1.29 is 9.72 Å². The van der Waals surface area contributed by atoms with Crippen LogP contribution in [0.2, 0.25) is 5.02 Å². The molecule has 2 aromatic carbocycles. The first-order chi connectivity index (χ1) is 11.5. The molecule has 0 spiro atoms. The van der Waals surface area contributed by atoms with Gasteiger partial charge >= 0.3 is 0 Å². The summed E-state index contributed by atoms with van der Waals surface area (Å²) in [7, 11) is 0. The van der Waals surface area contributed by atoms with E-state index in [1.54, 1.807) is 0 Å². The number of nitrogens with one attached hydrogen (secondary N) is 1. The molecule has 0 radical (unpaired) electrons. The molecule has 7 nitrogen and oxygen atoms in total. The number of hydrogen-bond donors (Lipinski definition) is 1. The van der Waals surface area contributed by atoms with Crippen LogP contribution in [0.25, 0.3) is 10.6 Å². The first-order valence-corrected chi connectivity index (χ1v) is 7.88. The lowest BCUT2D eigenvalue weighted by atomic mass is 10.2. The van der Waals surface area contributed by atoms with Gasteiger partial charge in [-0.05, 0) is 6.07 Å². The largest absolute Gasteiger partial charge is 0.296 e. The van der Waals surface area contributed by atoms with Gasteiger partial charge < -0.3 is 0 Å². The van der Waals surface area contributed by atoms with Crippen LogP contribution in [0.1, 0.15) is 10.4 Å². The number of halogens is 1. The molecule has 0 aliphatic heterocycles. The number of amides is 1. The predicted molar refractivity (Wildman–Crippen MR) is 91.4 cm³/mol. The van der Waals surface area contributed by atoms with Crippen molar-refractivity contribution in [3.8, 4) is 10.6 Å². The molecule has 0 saturated heterocycles. The molecule has 3 rings (SSSR count). The van der Waals surface area contributed by atoms with Crippen LogP contribution in [0.5, 0.6) is 0 Å². The molecule has 0 aliphatic rings. The summed E-state index contributed by atoms with van der Waals surface area (Å²) < 4.78 is 0. The van der Waals surface area contributed by atoms with Crippen molar-refractivity contribution >= 4 is 39.7 Å². The number of nitro groups is 1. The minimum atomic E-state index is -0.579. The monoisotopic (exact) mass is 360 g/mol. The van der Waals surface area contributed by atoms with Crippen LogP contribution < -0.4 is 5.32 Å². The third-order valence-electron chi connectivity index (χ3n) is 3.07. The summed E-state index contributed by atoms with van der Waals surface area (Å²) in [5.41, 5.74) is 0.835. The Labute approximate surface area is 145 Å². The third kappa shape index (κ3) is 3.39. The van der Waals surface area contributed by atoms with Gasteiger partial charge in [0.1, 0.15) is 5.01 Å². The summed E-state index contributed by atoms with van der Waals surface area (Å²) in [6, 6.07) is 13.1. The van der Waals surface area contributed by atoms with Gasteiger partial charge in [0.25, 0.3) is 11.6 Å². The minimum absolute atomic E-state index is 0.00509. The second-order valence-corrected chi connectivity index (χ2v) is 6.04. The maximum absolute atomic E-state index is 12.2. The molecular weight excluding hydrogens is 352 g/mol. The first kappa shape index (κ1) is 16.0. The number of non-ortho nitro benzene ring substituents is 1. The number of benzene rings is 2. The zero-order valence-electron chi connectivity index (χ0n) is 12.0. The molecular formula is C15H9ClN4O3S. The van der Waals surface area contributed by atoms with Crippen molar-refractivity contribution in [3.05, 3.63) is 69.2 Å².